The first-order valence-corrected chi connectivity index (χ1v) is 4.22. The molecule has 0 aliphatic carbocycles. The Kier molecular flexibility index (Phi) is 3.30. The van der Waals surface area contributed by atoms with Crippen LogP contribution in [0.25, 0.3) is 0 Å². The third kappa shape index (κ3) is 2.43. The van der Waals surface area contributed by atoms with Crippen LogP contribution in [0.4, 0.5) is 0 Å². The molecule has 2 atom stereocenters. The zero-order chi connectivity index (χ0) is 8.27. The monoisotopic (exact) mass is 160 g/mol. The molecule has 1 aliphatic heterocycles. The standard InChI is InChI=1S/C8H16O3/c1-4-7-9-6(3)10-8(5-2)11-7/h6-8H,4-5H2,1-3H3. The summed E-state index contributed by atoms with van der Waals surface area (Å²) in [5.41, 5.74) is 0. The largest absolute Gasteiger partial charge is 0.324 e. The molecule has 1 heterocycles. The summed E-state index contributed by atoms with van der Waals surface area (Å²) in [7, 11) is 0. The highest BCUT2D eigenvalue weighted by Gasteiger charge is 2.25. The highest BCUT2D eigenvalue weighted by molar-refractivity contribution is 4.52. The Bertz CT molecular complexity index is 104. The molecule has 1 saturated heterocycles. The molecule has 0 radical (unpaired) electrons. The Morgan fingerprint density at radius 2 is 1.36 bits per heavy atom. The average Bonchev–Trinajstić information content (AvgIpc) is 2.03. The van der Waals surface area contributed by atoms with Gasteiger partial charge in [0.05, 0.1) is 0 Å². The van der Waals surface area contributed by atoms with Gasteiger partial charge in [0.15, 0.2) is 18.9 Å². The second-order valence-electron chi connectivity index (χ2n) is 2.65. The SMILES string of the molecule is CCC1OC(C)OC(CC)O1. The van der Waals surface area contributed by atoms with Gasteiger partial charge in [0.25, 0.3) is 0 Å². The van der Waals surface area contributed by atoms with Gasteiger partial charge in [-0.25, -0.2) is 0 Å². The zero-order valence-electron chi connectivity index (χ0n) is 7.37. The predicted molar refractivity (Wildman–Crippen MR) is 40.9 cm³/mol. The molecule has 1 fully saturated rings. The van der Waals surface area contributed by atoms with Gasteiger partial charge in [-0.05, 0) is 19.8 Å². The Hall–Kier alpha value is -0.120. The van der Waals surface area contributed by atoms with E-state index in [1.54, 1.807) is 0 Å². The van der Waals surface area contributed by atoms with E-state index in [-0.39, 0.29) is 18.9 Å². The second-order valence-corrected chi connectivity index (χ2v) is 2.65. The van der Waals surface area contributed by atoms with Gasteiger partial charge in [0.2, 0.25) is 0 Å². The average molecular weight is 160 g/mol. The van der Waals surface area contributed by atoms with E-state index in [1.807, 2.05) is 20.8 Å². The lowest BCUT2D eigenvalue weighted by Crippen LogP contribution is -2.38. The summed E-state index contributed by atoms with van der Waals surface area (Å²) in [6.07, 6.45) is 1.47. The molecule has 0 N–H and O–H groups in total. The molecule has 1 rings (SSSR count). The first-order valence-electron chi connectivity index (χ1n) is 4.22. The quantitative estimate of drug-likeness (QED) is 0.617. The second kappa shape index (κ2) is 4.04. The normalized spacial score (nSPS) is 39.0. The van der Waals surface area contributed by atoms with E-state index >= 15 is 0 Å². The molecule has 0 aromatic heterocycles. The van der Waals surface area contributed by atoms with E-state index in [0.717, 1.165) is 12.8 Å². The van der Waals surface area contributed by atoms with Crippen LogP contribution < -0.4 is 0 Å². The molecule has 2 unspecified atom stereocenters. The van der Waals surface area contributed by atoms with Gasteiger partial charge in [-0.15, -0.1) is 0 Å². The van der Waals surface area contributed by atoms with E-state index in [9.17, 15) is 0 Å². The van der Waals surface area contributed by atoms with Gasteiger partial charge in [0, 0.05) is 0 Å². The van der Waals surface area contributed by atoms with Crippen LogP contribution in [0, 0.1) is 0 Å². The van der Waals surface area contributed by atoms with Crippen LogP contribution in [0.3, 0.4) is 0 Å². The van der Waals surface area contributed by atoms with Crippen molar-refractivity contribution >= 4 is 0 Å². The minimum absolute atomic E-state index is 0.0799. The molecular weight excluding hydrogens is 144 g/mol. The Morgan fingerprint density at radius 3 is 1.73 bits per heavy atom. The number of hydrogen-bond acceptors (Lipinski definition) is 3. The molecule has 0 saturated carbocycles. The lowest BCUT2D eigenvalue weighted by atomic mass is 10.4. The van der Waals surface area contributed by atoms with Crippen molar-refractivity contribution in [3.05, 3.63) is 0 Å². The van der Waals surface area contributed by atoms with E-state index in [2.05, 4.69) is 0 Å². The maximum Gasteiger partial charge on any atom is 0.163 e. The van der Waals surface area contributed by atoms with E-state index in [0.29, 0.717) is 0 Å². The number of rotatable bonds is 2. The summed E-state index contributed by atoms with van der Waals surface area (Å²) in [6, 6.07) is 0. The van der Waals surface area contributed by atoms with Gasteiger partial charge >= 0.3 is 0 Å². The van der Waals surface area contributed by atoms with Crippen molar-refractivity contribution in [1.29, 1.82) is 0 Å². The predicted octanol–water partition coefficient (Wildman–Crippen LogP) is 1.87. The Balaban J connectivity index is 2.37. The molecule has 0 aromatic carbocycles. The van der Waals surface area contributed by atoms with Crippen LogP contribution in [0.15, 0.2) is 0 Å². The lowest BCUT2D eigenvalue weighted by molar-refractivity contribution is -0.378. The molecule has 0 spiro atoms. The van der Waals surface area contributed by atoms with Crippen LogP contribution in [0.5, 0.6) is 0 Å². The van der Waals surface area contributed by atoms with Crippen LogP contribution >= 0.6 is 0 Å². The first kappa shape index (κ1) is 8.97. The van der Waals surface area contributed by atoms with Crippen molar-refractivity contribution in [3.8, 4) is 0 Å². The summed E-state index contributed by atoms with van der Waals surface area (Å²) in [5.74, 6) is 0. The smallest absolute Gasteiger partial charge is 0.163 e. The fraction of sp³-hybridized carbons (Fsp3) is 1.00. The first-order chi connectivity index (χ1) is 5.26. The molecule has 0 bridgehead atoms. The topological polar surface area (TPSA) is 27.7 Å². The van der Waals surface area contributed by atoms with E-state index in [4.69, 9.17) is 14.2 Å². The highest BCUT2D eigenvalue weighted by Crippen LogP contribution is 2.18. The van der Waals surface area contributed by atoms with Crippen molar-refractivity contribution in [2.45, 2.75) is 52.5 Å². The summed E-state index contributed by atoms with van der Waals surface area (Å²) >= 11 is 0. The van der Waals surface area contributed by atoms with Crippen molar-refractivity contribution in [2.75, 3.05) is 0 Å². The fourth-order valence-corrected chi connectivity index (χ4v) is 1.08. The molecule has 0 aromatic rings. The van der Waals surface area contributed by atoms with Crippen molar-refractivity contribution in [3.63, 3.8) is 0 Å². The van der Waals surface area contributed by atoms with Crippen LogP contribution in [0.2, 0.25) is 0 Å². The van der Waals surface area contributed by atoms with Gasteiger partial charge in [-0.3, -0.25) is 0 Å². The van der Waals surface area contributed by atoms with Crippen molar-refractivity contribution < 1.29 is 14.2 Å². The summed E-state index contributed by atoms with van der Waals surface area (Å²) < 4.78 is 16.1. The molecule has 0 amide bonds. The van der Waals surface area contributed by atoms with Crippen LogP contribution in [-0.2, 0) is 14.2 Å². The van der Waals surface area contributed by atoms with Gasteiger partial charge < -0.3 is 14.2 Å². The minimum atomic E-state index is -0.126. The number of ether oxygens (including phenoxy) is 3. The third-order valence-corrected chi connectivity index (χ3v) is 1.66. The van der Waals surface area contributed by atoms with Crippen LogP contribution in [-0.4, -0.2) is 18.9 Å². The third-order valence-electron chi connectivity index (χ3n) is 1.66. The molecule has 3 nitrogen and oxygen atoms in total. The Labute approximate surface area is 67.6 Å². The van der Waals surface area contributed by atoms with Gasteiger partial charge in [-0.2, -0.15) is 0 Å². The highest BCUT2D eigenvalue weighted by atomic mass is 16.9. The summed E-state index contributed by atoms with van der Waals surface area (Å²) in [6.45, 7) is 5.97. The minimum Gasteiger partial charge on any atom is -0.324 e. The molecular formula is C8H16O3. The summed E-state index contributed by atoms with van der Waals surface area (Å²) in [4.78, 5) is 0. The Morgan fingerprint density at radius 1 is 0.909 bits per heavy atom. The lowest BCUT2D eigenvalue weighted by Gasteiger charge is -2.33. The molecule has 1 aliphatic rings. The molecule has 3 heteroatoms. The van der Waals surface area contributed by atoms with Gasteiger partial charge in [0.1, 0.15) is 0 Å². The maximum atomic E-state index is 5.41. The van der Waals surface area contributed by atoms with Gasteiger partial charge in [-0.1, -0.05) is 13.8 Å². The van der Waals surface area contributed by atoms with Crippen molar-refractivity contribution in [1.82, 2.24) is 0 Å². The zero-order valence-corrected chi connectivity index (χ0v) is 7.37. The van der Waals surface area contributed by atoms with E-state index in [1.165, 1.54) is 0 Å². The maximum absolute atomic E-state index is 5.41. The summed E-state index contributed by atoms with van der Waals surface area (Å²) in [5, 5.41) is 0. The van der Waals surface area contributed by atoms with Crippen LogP contribution in [0.1, 0.15) is 33.6 Å². The number of hydrogen-bond donors (Lipinski definition) is 0. The molecule has 11 heavy (non-hydrogen) atoms. The van der Waals surface area contributed by atoms with Crippen molar-refractivity contribution in [2.24, 2.45) is 0 Å². The molecule has 66 valence electrons. The fourth-order valence-electron chi connectivity index (χ4n) is 1.08. The van der Waals surface area contributed by atoms with E-state index < -0.39 is 0 Å².